The second-order valence-corrected chi connectivity index (χ2v) is 15.7. The fraction of sp³-hybridized carbons (Fsp3) is 0.500. The van der Waals surface area contributed by atoms with Crippen molar-refractivity contribution in [3.8, 4) is 16.9 Å². The molecule has 15 nitrogen and oxygen atoms in total. The average molecular weight is 779 g/mol. The summed E-state index contributed by atoms with van der Waals surface area (Å²) in [5.41, 5.74) is 2.69. The number of aliphatic hydroxyl groups is 5. The van der Waals surface area contributed by atoms with Crippen molar-refractivity contribution in [2.24, 2.45) is 0 Å². The molecular formula is C36H47ClN4O11S. The van der Waals surface area contributed by atoms with Gasteiger partial charge >= 0.3 is 6.03 Å². The van der Waals surface area contributed by atoms with E-state index in [-0.39, 0.29) is 30.7 Å². The van der Waals surface area contributed by atoms with E-state index in [1.807, 2.05) is 36.5 Å². The Morgan fingerprint density at radius 1 is 1.04 bits per heavy atom. The summed E-state index contributed by atoms with van der Waals surface area (Å²) < 4.78 is 46.2. The fourth-order valence-corrected chi connectivity index (χ4v) is 7.23. The lowest BCUT2D eigenvalue weighted by Crippen LogP contribution is -2.50. The number of pyridine rings is 1. The first-order valence-electron chi connectivity index (χ1n) is 17.4. The zero-order valence-corrected chi connectivity index (χ0v) is 30.9. The van der Waals surface area contributed by atoms with Crippen molar-refractivity contribution >= 4 is 27.7 Å². The third kappa shape index (κ3) is 10.2. The molecule has 1 aliphatic carbocycles. The monoisotopic (exact) mass is 778 g/mol. The number of amides is 2. The van der Waals surface area contributed by atoms with E-state index in [0.717, 1.165) is 35.3 Å². The Morgan fingerprint density at radius 3 is 2.47 bits per heavy atom. The van der Waals surface area contributed by atoms with E-state index in [1.54, 1.807) is 12.3 Å². The maximum absolute atomic E-state index is 13.5. The van der Waals surface area contributed by atoms with Gasteiger partial charge in [0.25, 0.3) is 0 Å². The van der Waals surface area contributed by atoms with Crippen molar-refractivity contribution in [2.75, 3.05) is 46.5 Å². The number of carbonyl (C=O) groups excluding carboxylic acids is 1. The quantitative estimate of drug-likeness (QED) is 0.0813. The molecule has 2 amide bonds. The molecule has 1 saturated heterocycles. The van der Waals surface area contributed by atoms with Gasteiger partial charge in [-0.25, -0.2) is 17.5 Å². The third-order valence-electron chi connectivity index (χ3n) is 9.31. The van der Waals surface area contributed by atoms with Crippen LogP contribution in [0.25, 0.3) is 11.1 Å². The van der Waals surface area contributed by atoms with Gasteiger partial charge in [0.2, 0.25) is 10.0 Å². The lowest BCUT2D eigenvalue weighted by molar-refractivity contribution is -0.113. The van der Waals surface area contributed by atoms with Gasteiger partial charge in [-0.1, -0.05) is 29.8 Å². The minimum absolute atomic E-state index is 0.00148. The number of nitrogens with zero attached hydrogens (tertiary/aromatic N) is 2. The highest BCUT2D eigenvalue weighted by Crippen LogP contribution is 2.53. The zero-order valence-electron chi connectivity index (χ0n) is 29.3. The molecule has 2 fully saturated rings. The average Bonchev–Trinajstić information content (AvgIpc) is 3.94. The molecule has 1 aromatic heterocycles. The van der Waals surface area contributed by atoms with E-state index >= 15 is 0 Å². The smallest absolute Gasteiger partial charge is 0.314 e. The van der Waals surface area contributed by atoms with E-state index in [1.165, 1.54) is 23.5 Å². The minimum Gasteiger partial charge on any atom is -0.485 e. The summed E-state index contributed by atoms with van der Waals surface area (Å²) >= 11 is 6.54. The Labute approximate surface area is 313 Å². The molecule has 2 aliphatic rings. The lowest BCUT2D eigenvalue weighted by Gasteiger charge is -2.28. The van der Waals surface area contributed by atoms with Gasteiger partial charge in [-0.2, -0.15) is 0 Å². The van der Waals surface area contributed by atoms with Crippen molar-refractivity contribution in [2.45, 2.75) is 73.3 Å². The number of ether oxygens (including phenoxy) is 3. The highest BCUT2D eigenvalue weighted by atomic mass is 35.5. The van der Waals surface area contributed by atoms with Gasteiger partial charge in [-0.3, -0.25) is 4.98 Å². The first-order valence-corrected chi connectivity index (χ1v) is 19.2. The second kappa shape index (κ2) is 18.3. The molecule has 2 heterocycles. The molecule has 1 saturated carbocycles. The van der Waals surface area contributed by atoms with Gasteiger partial charge in [0, 0.05) is 55.2 Å². The van der Waals surface area contributed by atoms with E-state index in [0.29, 0.717) is 36.6 Å². The third-order valence-corrected chi connectivity index (χ3v) is 11.5. The number of nitrogens with one attached hydrogen (secondary N) is 2. The summed E-state index contributed by atoms with van der Waals surface area (Å²) in [4.78, 5) is 16.5. The molecule has 7 N–H and O–H groups in total. The zero-order chi connectivity index (χ0) is 38.2. The molecule has 17 heteroatoms. The largest absolute Gasteiger partial charge is 0.485 e. The molecular weight excluding hydrogens is 732 g/mol. The van der Waals surface area contributed by atoms with Gasteiger partial charge in [0.1, 0.15) is 30.2 Å². The van der Waals surface area contributed by atoms with Crippen LogP contribution in [0, 0.1) is 0 Å². The molecule has 3 aromatic rings. The van der Waals surface area contributed by atoms with Crippen molar-refractivity contribution in [3.05, 3.63) is 77.1 Å². The number of rotatable bonds is 20. The van der Waals surface area contributed by atoms with E-state index < -0.39 is 59.2 Å². The van der Waals surface area contributed by atoms with Crippen LogP contribution in [-0.2, 0) is 31.7 Å². The summed E-state index contributed by atoms with van der Waals surface area (Å²) in [5.74, 6) is 0.750. The van der Waals surface area contributed by atoms with Crippen LogP contribution in [0.2, 0.25) is 5.02 Å². The highest BCUT2D eigenvalue weighted by molar-refractivity contribution is 7.89. The number of urea groups is 1. The number of aromatic nitrogens is 1. The van der Waals surface area contributed by atoms with Crippen LogP contribution in [-0.4, -0.2) is 126 Å². The van der Waals surface area contributed by atoms with E-state index in [2.05, 4.69) is 15.6 Å². The summed E-state index contributed by atoms with van der Waals surface area (Å²) in [6.45, 7) is 0.292. The van der Waals surface area contributed by atoms with Crippen LogP contribution in [0.15, 0.2) is 65.8 Å². The Kier molecular flexibility index (Phi) is 14.1. The van der Waals surface area contributed by atoms with Gasteiger partial charge in [0.05, 0.1) is 43.0 Å². The molecule has 0 spiro atoms. The Bertz CT molecular complexity index is 1790. The summed E-state index contributed by atoms with van der Waals surface area (Å²) in [7, 11) is -2.42. The molecule has 0 radical (unpaired) electrons. The standard InChI is InChI=1S/C36H47ClN4O11S/c1-41(15-5-4-13-39-35(47)40-18-30(43)33(45)34(46)31(44)19-42)53(48,49)25-8-9-29(37)23(16-25)20-51-36(11-12-36)28-17-38-14-10-26(28)27-6-2-3-7-32(27)52-24-21-50-22-24/h2-3,6-10,14,16-17,24,30-31,33-34,42-46H,4-5,11-13,15,18-22H2,1H3,(H2,39,40,47). The van der Waals surface area contributed by atoms with Crippen molar-refractivity contribution < 1.29 is 53.0 Å². The van der Waals surface area contributed by atoms with Crippen LogP contribution in [0.1, 0.15) is 36.8 Å². The second-order valence-electron chi connectivity index (χ2n) is 13.2. The molecule has 4 unspecified atom stereocenters. The Morgan fingerprint density at radius 2 is 1.77 bits per heavy atom. The molecule has 0 bridgehead atoms. The summed E-state index contributed by atoms with van der Waals surface area (Å²) in [6, 6.07) is 13.6. The van der Waals surface area contributed by atoms with Crippen LogP contribution in [0.5, 0.6) is 5.75 Å². The molecule has 290 valence electrons. The number of benzene rings is 2. The van der Waals surface area contributed by atoms with E-state index in [4.69, 9.17) is 30.9 Å². The van der Waals surface area contributed by atoms with Crippen molar-refractivity contribution in [3.63, 3.8) is 0 Å². The topological polar surface area (TPSA) is 220 Å². The number of sulfonamides is 1. The van der Waals surface area contributed by atoms with E-state index in [9.17, 15) is 33.6 Å². The van der Waals surface area contributed by atoms with Crippen LogP contribution < -0.4 is 15.4 Å². The van der Waals surface area contributed by atoms with Crippen LogP contribution in [0.4, 0.5) is 4.79 Å². The van der Waals surface area contributed by atoms with Gasteiger partial charge in [-0.15, -0.1) is 0 Å². The SMILES string of the molecule is CN(CCCCNC(=O)NCC(O)C(O)C(O)C(O)CO)S(=O)(=O)c1ccc(Cl)c(COC2(c3cnccc3-c3ccccc3OC3COC3)CC2)c1. The first kappa shape index (κ1) is 40.8. The number of hydrogen-bond acceptors (Lipinski definition) is 12. The number of aliphatic hydroxyl groups excluding tert-OH is 5. The highest BCUT2D eigenvalue weighted by Gasteiger charge is 2.48. The van der Waals surface area contributed by atoms with Crippen molar-refractivity contribution in [1.29, 1.82) is 0 Å². The van der Waals surface area contributed by atoms with Gasteiger partial charge in [-0.05, 0) is 67.1 Å². The normalized spacial score (nSPS) is 17.7. The predicted octanol–water partition coefficient (Wildman–Crippen LogP) is 1.52. The first-order chi connectivity index (χ1) is 25.4. The number of hydrogen-bond donors (Lipinski definition) is 7. The maximum Gasteiger partial charge on any atom is 0.314 e. The van der Waals surface area contributed by atoms with Gasteiger partial charge in [0.15, 0.2) is 0 Å². The summed E-state index contributed by atoms with van der Waals surface area (Å²) in [6.07, 6.45) is -0.934. The Hall–Kier alpha value is -3.42. The number of halogens is 1. The number of carbonyl (C=O) groups is 1. The Balaban J connectivity index is 1.13. The van der Waals surface area contributed by atoms with Crippen molar-refractivity contribution in [1.82, 2.24) is 19.9 Å². The number of unbranched alkanes of at least 4 members (excludes halogenated alkanes) is 1. The number of para-hydroxylation sites is 1. The van der Waals surface area contributed by atoms with Crippen LogP contribution in [0.3, 0.4) is 0 Å². The maximum atomic E-state index is 13.5. The minimum atomic E-state index is -3.89. The van der Waals surface area contributed by atoms with Gasteiger partial charge < -0.3 is 50.4 Å². The predicted molar refractivity (Wildman–Crippen MR) is 194 cm³/mol. The van der Waals surface area contributed by atoms with Crippen LogP contribution >= 0.6 is 11.6 Å². The molecule has 5 rings (SSSR count). The molecule has 53 heavy (non-hydrogen) atoms. The molecule has 1 aliphatic heterocycles. The lowest BCUT2D eigenvalue weighted by atomic mass is 9.96. The molecule has 2 aromatic carbocycles. The molecule has 4 atom stereocenters. The summed E-state index contributed by atoms with van der Waals surface area (Å²) in [5, 5.41) is 53.0. The fourth-order valence-electron chi connectivity index (χ4n) is 5.79.